The van der Waals surface area contributed by atoms with Crippen LogP contribution in [0, 0.1) is 29.1 Å². The Bertz CT molecular complexity index is 1280. The van der Waals surface area contributed by atoms with Crippen LogP contribution in [0.1, 0.15) is 29.3 Å². The molecule has 0 bridgehead atoms. The van der Waals surface area contributed by atoms with Gasteiger partial charge in [-0.15, -0.1) is 10.2 Å². The number of nitrogens with zero attached hydrogens (tertiary/aromatic N) is 4. The molecule has 9 heteroatoms. The number of aromatic nitrogens is 5. The Morgan fingerprint density at radius 2 is 2.11 bits per heavy atom. The first-order valence-corrected chi connectivity index (χ1v) is 8.66. The third-order valence-electron chi connectivity index (χ3n) is 4.33. The topological polar surface area (TPSA) is 128 Å². The van der Waals surface area contributed by atoms with Crippen molar-refractivity contribution in [3.63, 3.8) is 0 Å². The van der Waals surface area contributed by atoms with Crippen LogP contribution in [0.2, 0.25) is 5.02 Å². The Morgan fingerprint density at radius 3 is 2.82 bits per heavy atom. The fraction of sp³-hybridized carbons (Fsp3) is 0.158. The molecule has 3 aromatic rings. The number of rotatable bonds is 2. The van der Waals surface area contributed by atoms with Crippen molar-refractivity contribution >= 4 is 11.6 Å². The molecule has 136 valence electrons. The van der Waals surface area contributed by atoms with Crippen molar-refractivity contribution in [1.82, 2.24) is 25.1 Å². The van der Waals surface area contributed by atoms with Gasteiger partial charge in [0.05, 0.1) is 10.6 Å². The summed E-state index contributed by atoms with van der Waals surface area (Å²) in [4.78, 5) is 31.9. The lowest BCUT2D eigenvalue weighted by atomic mass is 10.1. The minimum Gasteiger partial charge on any atom is -0.313 e. The highest BCUT2D eigenvalue weighted by molar-refractivity contribution is 6.30. The van der Waals surface area contributed by atoms with Crippen LogP contribution in [0.25, 0.3) is 11.3 Å². The smallest absolute Gasteiger partial charge is 0.313 e. The van der Waals surface area contributed by atoms with Crippen molar-refractivity contribution in [3.05, 3.63) is 73.4 Å². The molecule has 1 aliphatic carbocycles. The van der Waals surface area contributed by atoms with Crippen LogP contribution in [0.3, 0.4) is 0 Å². The van der Waals surface area contributed by atoms with Gasteiger partial charge in [-0.05, 0) is 36.1 Å². The lowest BCUT2D eigenvalue weighted by Gasteiger charge is -2.04. The molecule has 1 aliphatic rings. The second-order valence-electron chi connectivity index (χ2n) is 6.21. The molecule has 1 saturated carbocycles. The van der Waals surface area contributed by atoms with E-state index in [1.54, 1.807) is 18.2 Å². The molecular formula is C19H11ClN6O2. The van der Waals surface area contributed by atoms with Crippen LogP contribution in [-0.2, 0) is 0 Å². The molecule has 0 spiro atoms. The molecule has 2 atom stereocenters. The highest BCUT2D eigenvalue weighted by Crippen LogP contribution is 2.48. The van der Waals surface area contributed by atoms with Crippen molar-refractivity contribution in [2.45, 2.75) is 12.3 Å². The molecule has 2 N–H and O–H groups in total. The quantitative estimate of drug-likeness (QED) is 0.639. The van der Waals surface area contributed by atoms with E-state index in [-0.39, 0.29) is 28.8 Å². The molecule has 0 unspecified atom stereocenters. The van der Waals surface area contributed by atoms with Gasteiger partial charge in [-0.2, -0.15) is 5.26 Å². The minimum atomic E-state index is -0.607. The van der Waals surface area contributed by atoms with Gasteiger partial charge < -0.3 is 4.98 Å². The second kappa shape index (κ2) is 7.10. The van der Waals surface area contributed by atoms with E-state index in [4.69, 9.17) is 11.6 Å². The van der Waals surface area contributed by atoms with Crippen LogP contribution < -0.4 is 11.2 Å². The van der Waals surface area contributed by atoms with E-state index in [9.17, 15) is 14.9 Å². The fourth-order valence-electron chi connectivity index (χ4n) is 2.82. The number of hydrogen-bond donors (Lipinski definition) is 2. The average Bonchev–Trinajstić information content (AvgIpc) is 3.47. The van der Waals surface area contributed by atoms with Crippen LogP contribution in [0.5, 0.6) is 0 Å². The van der Waals surface area contributed by atoms with Gasteiger partial charge in [-0.3, -0.25) is 9.78 Å². The predicted octanol–water partition coefficient (Wildman–Crippen LogP) is 1.60. The van der Waals surface area contributed by atoms with E-state index in [1.807, 2.05) is 6.07 Å². The second-order valence-corrected chi connectivity index (χ2v) is 6.65. The molecule has 0 aliphatic heterocycles. The van der Waals surface area contributed by atoms with Crippen LogP contribution in [0.4, 0.5) is 0 Å². The minimum absolute atomic E-state index is 0.0190. The van der Waals surface area contributed by atoms with E-state index in [0.717, 1.165) is 6.42 Å². The summed E-state index contributed by atoms with van der Waals surface area (Å²) >= 11 is 5.81. The molecule has 0 aromatic carbocycles. The van der Waals surface area contributed by atoms with Crippen LogP contribution in [0.15, 0.2) is 40.2 Å². The van der Waals surface area contributed by atoms with E-state index in [1.165, 1.54) is 12.4 Å². The summed E-state index contributed by atoms with van der Waals surface area (Å²) in [6.07, 6.45) is 3.57. The molecule has 4 rings (SSSR count). The first-order chi connectivity index (χ1) is 13.5. The standard InChI is InChI=1S/C19H11ClN6O2/c20-11-2-4-12(22-8-11)3-1-10-5-13(10)14-6-16(25-26-17(14)7-21)15-9-23-19(28)24-18(15)27/h2,4,6,8-10,13H,5H2,(H2,23,24,27,28)/t10-,13-/m0/s1. The zero-order chi connectivity index (χ0) is 19.7. The molecule has 1 fully saturated rings. The Morgan fingerprint density at radius 1 is 1.25 bits per heavy atom. The van der Waals surface area contributed by atoms with Gasteiger partial charge in [0.15, 0.2) is 5.69 Å². The summed E-state index contributed by atoms with van der Waals surface area (Å²) in [5.41, 5.74) is 0.767. The lowest BCUT2D eigenvalue weighted by molar-refractivity contribution is 0.936. The Kier molecular flexibility index (Phi) is 4.48. The number of pyridine rings is 1. The molecule has 3 heterocycles. The SMILES string of the molecule is N#Cc1nnc(-c2c[nH]c(=O)[nH]c2=O)cc1[C@H]1C[C@@H]1C#Cc1ccc(Cl)cn1. The van der Waals surface area contributed by atoms with Gasteiger partial charge in [-0.1, -0.05) is 17.5 Å². The predicted molar refractivity (Wildman–Crippen MR) is 100 cm³/mol. The van der Waals surface area contributed by atoms with Crippen molar-refractivity contribution in [3.8, 4) is 29.2 Å². The molecular weight excluding hydrogens is 380 g/mol. The summed E-state index contributed by atoms with van der Waals surface area (Å²) < 4.78 is 0. The number of aromatic amines is 2. The Labute approximate surface area is 163 Å². The monoisotopic (exact) mass is 390 g/mol. The van der Waals surface area contributed by atoms with Gasteiger partial charge >= 0.3 is 5.69 Å². The van der Waals surface area contributed by atoms with E-state index in [0.29, 0.717) is 16.3 Å². The number of nitrogens with one attached hydrogen (secondary N) is 2. The van der Waals surface area contributed by atoms with Crippen molar-refractivity contribution in [1.29, 1.82) is 5.26 Å². The number of halogens is 1. The van der Waals surface area contributed by atoms with E-state index < -0.39 is 11.2 Å². The number of nitriles is 1. The number of hydrogen-bond acceptors (Lipinski definition) is 6. The number of H-pyrrole nitrogens is 2. The van der Waals surface area contributed by atoms with Crippen molar-refractivity contribution < 1.29 is 0 Å². The third-order valence-corrected chi connectivity index (χ3v) is 4.55. The van der Waals surface area contributed by atoms with Crippen LogP contribution in [-0.4, -0.2) is 25.1 Å². The molecule has 8 nitrogen and oxygen atoms in total. The maximum absolute atomic E-state index is 12.0. The molecule has 3 aromatic heterocycles. The first kappa shape index (κ1) is 17.7. The van der Waals surface area contributed by atoms with Crippen molar-refractivity contribution in [2.24, 2.45) is 5.92 Å². The van der Waals surface area contributed by atoms with Gasteiger partial charge in [0, 0.05) is 24.2 Å². The van der Waals surface area contributed by atoms with Gasteiger partial charge in [0.2, 0.25) is 0 Å². The normalized spacial score (nSPS) is 17.3. The maximum Gasteiger partial charge on any atom is 0.325 e. The highest BCUT2D eigenvalue weighted by atomic mass is 35.5. The van der Waals surface area contributed by atoms with Crippen molar-refractivity contribution in [2.75, 3.05) is 0 Å². The average molecular weight is 391 g/mol. The molecule has 28 heavy (non-hydrogen) atoms. The third kappa shape index (κ3) is 3.54. The summed E-state index contributed by atoms with van der Waals surface area (Å²) in [6, 6.07) is 7.14. The largest absolute Gasteiger partial charge is 0.325 e. The maximum atomic E-state index is 12.0. The van der Waals surface area contributed by atoms with Gasteiger partial charge in [0.1, 0.15) is 17.5 Å². The molecule has 0 radical (unpaired) electrons. The summed E-state index contributed by atoms with van der Waals surface area (Å²) in [5.74, 6) is 6.21. The lowest BCUT2D eigenvalue weighted by Crippen LogP contribution is -2.23. The fourth-order valence-corrected chi connectivity index (χ4v) is 2.93. The first-order valence-electron chi connectivity index (χ1n) is 8.28. The summed E-state index contributed by atoms with van der Waals surface area (Å²) in [5, 5.41) is 17.7. The Hall–Kier alpha value is -3.75. The Balaban J connectivity index is 1.63. The highest BCUT2D eigenvalue weighted by Gasteiger charge is 2.39. The van der Waals surface area contributed by atoms with Crippen LogP contribution >= 0.6 is 11.6 Å². The zero-order valence-electron chi connectivity index (χ0n) is 14.2. The van der Waals surface area contributed by atoms with E-state index in [2.05, 4.69) is 37.0 Å². The van der Waals surface area contributed by atoms with Gasteiger partial charge in [0.25, 0.3) is 5.56 Å². The van der Waals surface area contributed by atoms with Gasteiger partial charge in [-0.25, -0.2) is 9.78 Å². The zero-order valence-corrected chi connectivity index (χ0v) is 15.0. The molecule has 0 amide bonds. The summed E-state index contributed by atoms with van der Waals surface area (Å²) in [7, 11) is 0. The van der Waals surface area contributed by atoms with E-state index >= 15 is 0 Å². The molecule has 0 saturated heterocycles. The summed E-state index contributed by atoms with van der Waals surface area (Å²) in [6.45, 7) is 0.